The number of rotatable bonds is 9. The Morgan fingerprint density at radius 3 is 2.14 bits per heavy atom. The van der Waals surface area contributed by atoms with Gasteiger partial charge in [-0.25, -0.2) is 13.1 Å². The second kappa shape index (κ2) is 12.7. The van der Waals surface area contributed by atoms with Crippen molar-refractivity contribution in [2.45, 2.75) is 12.3 Å². The van der Waals surface area contributed by atoms with E-state index < -0.39 is 10.0 Å². The lowest BCUT2D eigenvalue weighted by molar-refractivity contribution is 0.586. The van der Waals surface area contributed by atoms with Crippen molar-refractivity contribution in [2.24, 2.45) is 4.99 Å². The molecular formula is C20H29IN4O2S. The Hall–Kier alpha value is -1.65. The van der Waals surface area contributed by atoms with Crippen LogP contribution in [0.3, 0.4) is 0 Å². The fraction of sp³-hybridized carbons (Fsp3) is 0.350. The summed E-state index contributed by atoms with van der Waals surface area (Å²) in [6, 6.07) is 20.8. The fourth-order valence-electron chi connectivity index (χ4n) is 2.79. The van der Waals surface area contributed by atoms with Crippen molar-refractivity contribution in [1.29, 1.82) is 0 Å². The molecule has 0 saturated carbocycles. The monoisotopic (exact) mass is 516 g/mol. The maximum Gasteiger partial charge on any atom is 0.208 e. The van der Waals surface area contributed by atoms with Crippen LogP contribution in [0.15, 0.2) is 65.7 Å². The summed E-state index contributed by atoms with van der Waals surface area (Å²) < 4.78 is 24.7. The number of nitrogens with zero attached hydrogens (tertiary/aromatic N) is 1. The third kappa shape index (κ3) is 9.52. The van der Waals surface area contributed by atoms with Crippen LogP contribution in [0, 0.1) is 0 Å². The molecule has 154 valence electrons. The summed E-state index contributed by atoms with van der Waals surface area (Å²) in [6.45, 7) is 1.49. The summed E-state index contributed by atoms with van der Waals surface area (Å²) in [5.74, 6) is 0.945. The Morgan fingerprint density at radius 1 is 0.964 bits per heavy atom. The van der Waals surface area contributed by atoms with Crippen LogP contribution >= 0.6 is 24.0 Å². The quantitative estimate of drug-likeness (QED) is 0.207. The van der Waals surface area contributed by atoms with E-state index in [2.05, 4.69) is 68.9 Å². The molecule has 0 aliphatic carbocycles. The molecule has 2 rings (SSSR count). The molecule has 0 radical (unpaired) electrons. The Kier molecular flexibility index (Phi) is 11.1. The smallest absolute Gasteiger partial charge is 0.208 e. The number of hydrogen-bond acceptors (Lipinski definition) is 3. The van der Waals surface area contributed by atoms with Crippen molar-refractivity contribution in [3.63, 3.8) is 0 Å². The van der Waals surface area contributed by atoms with Crippen LogP contribution in [-0.4, -0.2) is 47.3 Å². The van der Waals surface area contributed by atoms with E-state index in [-0.39, 0.29) is 24.0 Å². The highest BCUT2D eigenvalue weighted by Gasteiger charge is 2.13. The van der Waals surface area contributed by atoms with E-state index in [9.17, 15) is 8.42 Å². The van der Waals surface area contributed by atoms with Crippen molar-refractivity contribution in [3.8, 4) is 0 Å². The van der Waals surface area contributed by atoms with Crippen LogP contribution in [-0.2, 0) is 16.4 Å². The van der Waals surface area contributed by atoms with Gasteiger partial charge in [-0.2, -0.15) is 0 Å². The fourth-order valence-corrected chi connectivity index (χ4v) is 3.26. The summed E-state index contributed by atoms with van der Waals surface area (Å²) >= 11 is 0. The van der Waals surface area contributed by atoms with Gasteiger partial charge in [0.05, 0.1) is 6.26 Å². The first kappa shape index (κ1) is 24.4. The molecule has 0 aromatic heterocycles. The maximum absolute atomic E-state index is 11.1. The van der Waals surface area contributed by atoms with Crippen molar-refractivity contribution >= 4 is 40.0 Å². The third-order valence-electron chi connectivity index (χ3n) is 4.12. The Balaban J connectivity index is 0.00000392. The van der Waals surface area contributed by atoms with E-state index in [1.54, 1.807) is 7.05 Å². The van der Waals surface area contributed by atoms with Crippen molar-refractivity contribution in [3.05, 3.63) is 71.8 Å². The minimum atomic E-state index is -3.18. The molecule has 0 fully saturated rings. The summed E-state index contributed by atoms with van der Waals surface area (Å²) in [5.41, 5.74) is 2.55. The predicted octanol–water partition coefficient (Wildman–Crippen LogP) is 2.35. The molecule has 3 N–H and O–H groups in total. The van der Waals surface area contributed by atoms with Gasteiger partial charge >= 0.3 is 0 Å². The van der Waals surface area contributed by atoms with Crippen LogP contribution < -0.4 is 15.4 Å². The number of hydrogen-bond donors (Lipinski definition) is 3. The van der Waals surface area contributed by atoms with E-state index in [0.29, 0.717) is 25.0 Å². The normalized spacial score (nSPS) is 12.7. The number of benzene rings is 2. The average Bonchev–Trinajstić information content (AvgIpc) is 2.67. The molecule has 0 spiro atoms. The standard InChI is InChI=1S/C20H28N4O2S.HI/c1-21-20(22-13-14-24-27(2,25)26)23-16-19(18-11-7-4-8-12-18)15-17-9-5-3-6-10-17;/h3-12,19,24H,13-16H2,1-2H3,(H2,21,22,23);1H. The molecule has 0 heterocycles. The molecule has 0 bridgehead atoms. The first-order valence-electron chi connectivity index (χ1n) is 8.96. The topological polar surface area (TPSA) is 82.6 Å². The molecule has 0 aliphatic rings. The lowest BCUT2D eigenvalue weighted by Gasteiger charge is -2.20. The first-order chi connectivity index (χ1) is 13.0. The minimum Gasteiger partial charge on any atom is -0.356 e. The zero-order chi connectivity index (χ0) is 19.5. The molecule has 1 atom stereocenters. The number of guanidine groups is 1. The number of sulfonamides is 1. The molecular weight excluding hydrogens is 487 g/mol. The van der Waals surface area contributed by atoms with Crippen LogP contribution in [0.2, 0.25) is 0 Å². The van der Waals surface area contributed by atoms with Gasteiger partial charge in [0.25, 0.3) is 0 Å². The second-order valence-electron chi connectivity index (χ2n) is 6.34. The van der Waals surface area contributed by atoms with E-state index in [4.69, 9.17) is 0 Å². The van der Waals surface area contributed by atoms with Gasteiger partial charge in [-0.15, -0.1) is 24.0 Å². The van der Waals surface area contributed by atoms with Gasteiger partial charge in [-0.05, 0) is 17.5 Å². The van der Waals surface area contributed by atoms with E-state index in [1.807, 2.05) is 12.1 Å². The highest BCUT2D eigenvalue weighted by atomic mass is 127. The molecule has 2 aromatic carbocycles. The SMILES string of the molecule is CN=C(NCCNS(C)(=O)=O)NCC(Cc1ccccc1)c1ccccc1.I. The highest BCUT2D eigenvalue weighted by molar-refractivity contribution is 14.0. The number of halogens is 1. The summed E-state index contributed by atoms with van der Waals surface area (Å²) in [7, 11) is -1.47. The van der Waals surface area contributed by atoms with E-state index in [1.165, 1.54) is 11.1 Å². The van der Waals surface area contributed by atoms with Gasteiger partial charge in [0, 0.05) is 32.6 Å². The molecule has 0 aliphatic heterocycles. The minimum absolute atomic E-state index is 0. The molecule has 2 aromatic rings. The second-order valence-corrected chi connectivity index (χ2v) is 8.18. The Labute approximate surface area is 185 Å². The van der Waals surface area contributed by atoms with Crippen molar-refractivity contribution in [1.82, 2.24) is 15.4 Å². The van der Waals surface area contributed by atoms with E-state index in [0.717, 1.165) is 19.2 Å². The average molecular weight is 516 g/mol. The highest BCUT2D eigenvalue weighted by Crippen LogP contribution is 2.20. The zero-order valence-corrected chi connectivity index (χ0v) is 19.4. The van der Waals surface area contributed by atoms with Gasteiger partial charge < -0.3 is 10.6 Å². The van der Waals surface area contributed by atoms with Gasteiger partial charge in [-0.1, -0.05) is 60.7 Å². The van der Waals surface area contributed by atoms with Gasteiger partial charge in [0.15, 0.2) is 5.96 Å². The van der Waals surface area contributed by atoms with Crippen LogP contribution in [0.1, 0.15) is 17.0 Å². The molecule has 28 heavy (non-hydrogen) atoms. The molecule has 6 nitrogen and oxygen atoms in total. The predicted molar refractivity (Wildman–Crippen MR) is 127 cm³/mol. The molecule has 0 saturated heterocycles. The summed E-state index contributed by atoms with van der Waals surface area (Å²) in [6.07, 6.45) is 2.07. The van der Waals surface area contributed by atoms with E-state index >= 15 is 0 Å². The summed E-state index contributed by atoms with van der Waals surface area (Å²) in [4.78, 5) is 4.21. The number of aliphatic imine (C=N–C) groups is 1. The summed E-state index contributed by atoms with van der Waals surface area (Å²) in [5, 5.41) is 6.47. The van der Waals surface area contributed by atoms with Crippen molar-refractivity contribution < 1.29 is 8.42 Å². The van der Waals surface area contributed by atoms with Crippen LogP contribution in [0.5, 0.6) is 0 Å². The molecule has 8 heteroatoms. The van der Waals surface area contributed by atoms with Gasteiger partial charge in [0.1, 0.15) is 0 Å². The molecule has 0 amide bonds. The zero-order valence-electron chi connectivity index (χ0n) is 16.3. The maximum atomic E-state index is 11.1. The van der Waals surface area contributed by atoms with Crippen molar-refractivity contribution in [2.75, 3.05) is 32.9 Å². The Morgan fingerprint density at radius 2 is 1.57 bits per heavy atom. The van der Waals surface area contributed by atoms with Crippen LogP contribution in [0.25, 0.3) is 0 Å². The van der Waals surface area contributed by atoms with Gasteiger partial charge in [-0.3, -0.25) is 4.99 Å². The van der Waals surface area contributed by atoms with Gasteiger partial charge in [0.2, 0.25) is 10.0 Å². The third-order valence-corrected chi connectivity index (χ3v) is 4.85. The first-order valence-corrected chi connectivity index (χ1v) is 10.8. The van der Waals surface area contributed by atoms with Crippen LogP contribution in [0.4, 0.5) is 0 Å². The lowest BCUT2D eigenvalue weighted by atomic mass is 9.92. The Bertz CT molecular complexity index is 815. The largest absolute Gasteiger partial charge is 0.356 e. The molecule has 1 unspecified atom stereocenters. The number of nitrogens with one attached hydrogen (secondary N) is 3. The lowest BCUT2D eigenvalue weighted by Crippen LogP contribution is -2.42.